The third kappa shape index (κ3) is 4.04. The number of likely N-dealkylation sites (tertiary alicyclic amines) is 1. The van der Waals surface area contributed by atoms with Gasteiger partial charge in [-0.3, -0.25) is 9.69 Å². The van der Waals surface area contributed by atoms with Crippen molar-refractivity contribution in [2.75, 3.05) is 13.1 Å². The Kier molecular flexibility index (Phi) is 5.65. The summed E-state index contributed by atoms with van der Waals surface area (Å²) < 4.78 is 0. The van der Waals surface area contributed by atoms with Crippen LogP contribution < -0.4 is 5.32 Å². The van der Waals surface area contributed by atoms with Gasteiger partial charge < -0.3 is 5.32 Å². The van der Waals surface area contributed by atoms with Gasteiger partial charge in [0.25, 0.3) is 0 Å². The molecule has 1 N–H and O–H groups in total. The lowest BCUT2D eigenvalue weighted by atomic mass is 9.98. The van der Waals surface area contributed by atoms with E-state index in [-0.39, 0.29) is 18.0 Å². The van der Waals surface area contributed by atoms with E-state index in [0.717, 1.165) is 24.2 Å². The highest BCUT2D eigenvalue weighted by Crippen LogP contribution is 2.22. The van der Waals surface area contributed by atoms with Gasteiger partial charge in [-0.2, -0.15) is 0 Å². The van der Waals surface area contributed by atoms with Crippen molar-refractivity contribution in [1.29, 1.82) is 0 Å². The number of rotatable bonds is 5. The molecule has 1 aliphatic heterocycles. The van der Waals surface area contributed by atoms with Gasteiger partial charge in [-0.25, -0.2) is 0 Å². The van der Waals surface area contributed by atoms with E-state index in [1.54, 1.807) is 0 Å². The van der Waals surface area contributed by atoms with Crippen molar-refractivity contribution in [2.45, 2.75) is 38.3 Å². The standard InChI is InChI=1S/C21H26N2O/c1-17(23-15-9-4-10-16-23)21(24)22-20(18-11-5-2-6-12-18)19-13-7-3-8-14-19/h2-3,5-8,11-14,17,20H,4,9-10,15-16H2,1H3,(H,22,24). The molecule has 24 heavy (non-hydrogen) atoms. The summed E-state index contributed by atoms with van der Waals surface area (Å²) in [6.45, 7) is 4.07. The molecule has 3 heteroatoms. The van der Waals surface area contributed by atoms with Crippen LogP contribution >= 0.6 is 0 Å². The highest BCUT2D eigenvalue weighted by molar-refractivity contribution is 5.82. The Morgan fingerprint density at radius 3 is 1.88 bits per heavy atom. The molecule has 0 bridgehead atoms. The Morgan fingerprint density at radius 2 is 1.38 bits per heavy atom. The molecule has 0 saturated carbocycles. The number of carbonyl (C=O) groups excluding carboxylic acids is 1. The minimum atomic E-state index is -0.104. The van der Waals surface area contributed by atoms with Crippen molar-refractivity contribution in [2.24, 2.45) is 0 Å². The summed E-state index contributed by atoms with van der Waals surface area (Å²) in [6.07, 6.45) is 3.67. The van der Waals surface area contributed by atoms with E-state index in [0.29, 0.717) is 0 Å². The van der Waals surface area contributed by atoms with Crippen LogP contribution in [0.15, 0.2) is 60.7 Å². The van der Waals surface area contributed by atoms with E-state index in [9.17, 15) is 4.79 Å². The molecular formula is C21H26N2O. The number of piperidine rings is 1. The summed E-state index contributed by atoms with van der Waals surface area (Å²) in [5, 5.41) is 3.27. The van der Waals surface area contributed by atoms with Crippen molar-refractivity contribution < 1.29 is 4.79 Å². The molecule has 1 atom stereocenters. The molecule has 1 heterocycles. The molecule has 1 fully saturated rings. The average Bonchev–Trinajstić information content (AvgIpc) is 2.67. The zero-order chi connectivity index (χ0) is 16.8. The molecule has 0 spiro atoms. The summed E-state index contributed by atoms with van der Waals surface area (Å²) in [6, 6.07) is 20.2. The first-order chi connectivity index (χ1) is 11.8. The quantitative estimate of drug-likeness (QED) is 0.909. The van der Waals surface area contributed by atoms with Crippen LogP contribution in [0.1, 0.15) is 43.4 Å². The fraction of sp³-hybridized carbons (Fsp3) is 0.381. The number of hydrogen-bond acceptors (Lipinski definition) is 2. The molecule has 3 nitrogen and oxygen atoms in total. The van der Waals surface area contributed by atoms with Gasteiger partial charge in [0, 0.05) is 0 Å². The van der Waals surface area contributed by atoms with Gasteiger partial charge in [0.05, 0.1) is 12.1 Å². The maximum Gasteiger partial charge on any atom is 0.237 e. The summed E-state index contributed by atoms with van der Waals surface area (Å²) in [4.78, 5) is 15.1. The van der Waals surface area contributed by atoms with Gasteiger partial charge >= 0.3 is 0 Å². The molecular weight excluding hydrogens is 296 g/mol. The van der Waals surface area contributed by atoms with E-state index < -0.39 is 0 Å². The van der Waals surface area contributed by atoms with Crippen LogP contribution in [-0.4, -0.2) is 29.9 Å². The zero-order valence-corrected chi connectivity index (χ0v) is 14.3. The number of hydrogen-bond donors (Lipinski definition) is 1. The third-order valence-corrected chi connectivity index (χ3v) is 4.87. The number of carbonyl (C=O) groups is 1. The number of nitrogens with zero attached hydrogens (tertiary/aromatic N) is 1. The zero-order valence-electron chi connectivity index (χ0n) is 14.3. The predicted molar refractivity (Wildman–Crippen MR) is 97.8 cm³/mol. The van der Waals surface area contributed by atoms with Crippen LogP contribution in [0.4, 0.5) is 0 Å². The highest BCUT2D eigenvalue weighted by Gasteiger charge is 2.25. The monoisotopic (exact) mass is 322 g/mol. The Morgan fingerprint density at radius 1 is 0.875 bits per heavy atom. The van der Waals surface area contributed by atoms with E-state index >= 15 is 0 Å². The fourth-order valence-corrected chi connectivity index (χ4v) is 3.38. The van der Waals surface area contributed by atoms with Gasteiger partial charge in [-0.1, -0.05) is 67.1 Å². The summed E-state index contributed by atoms with van der Waals surface area (Å²) in [5.41, 5.74) is 2.23. The Labute approximate surface area is 144 Å². The van der Waals surface area contributed by atoms with E-state index in [4.69, 9.17) is 0 Å². The highest BCUT2D eigenvalue weighted by atomic mass is 16.2. The molecule has 1 unspecified atom stereocenters. The Bertz CT molecular complexity index is 596. The molecule has 126 valence electrons. The van der Waals surface area contributed by atoms with Crippen LogP contribution in [0.3, 0.4) is 0 Å². The van der Waals surface area contributed by atoms with Crippen molar-refractivity contribution in [3.05, 3.63) is 71.8 Å². The molecule has 0 aliphatic carbocycles. The number of benzene rings is 2. The van der Waals surface area contributed by atoms with Crippen LogP contribution in [0.25, 0.3) is 0 Å². The first-order valence-electron chi connectivity index (χ1n) is 8.90. The van der Waals surface area contributed by atoms with Gasteiger partial charge in [0.15, 0.2) is 0 Å². The summed E-state index contributed by atoms with van der Waals surface area (Å²) >= 11 is 0. The number of amides is 1. The second-order valence-electron chi connectivity index (χ2n) is 6.54. The summed E-state index contributed by atoms with van der Waals surface area (Å²) in [5.74, 6) is 0.106. The van der Waals surface area contributed by atoms with Crippen LogP contribution in [0.5, 0.6) is 0 Å². The lowest BCUT2D eigenvalue weighted by Gasteiger charge is -2.32. The van der Waals surface area contributed by atoms with Crippen molar-refractivity contribution in [1.82, 2.24) is 10.2 Å². The molecule has 2 aromatic carbocycles. The van der Waals surface area contributed by atoms with Gasteiger partial charge in [0.2, 0.25) is 5.91 Å². The number of nitrogens with one attached hydrogen (secondary N) is 1. The van der Waals surface area contributed by atoms with Crippen LogP contribution in [-0.2, 0) is 4.79 Å². The van der Waals surface area contributed by atoms with Crippen LogP contribution in [0.2, 0.25) is 0 Å². The molecule has 0 aromatic heterocycles. The van der Waals surface area contributed by atoms with Crippen molar-refractivity contribution >= 4 is 5.91 Å². The van der Waals surface area contributed by atoms with E-state index in [2.05, 4.69) is 34.5 Å². The minimum Gasteiger partial charge on any atom is -0.344 e. The first kappa shape index (κ1) is 16.7. The second kappa shape index (κ2) is 8.11. The lowest BCUT2D eigenvalue weighted by molar-refractivity contribution is -0.126. The fourth-order valence-electron chi connectivity index (χ4n) is 3.38. The van der Waals surface area contributed by atoms with Crippen molar-refractivity contribution in [3.8, 4) is 0 Å². The first-order valence-corrected chi connectivity index (χ1v) is 8.90. The van der Waals surface area contributed by atoms with Gasteiger partial charge in [-0.05, 0) is 44.0 Å². The molecule has 2 aromatic rings. The Hall–Kier alpha value is -2.13. The van der Waals surface area contributed by atoms with Crippen molar-refractivity contribution in [3.63, 3.8) is 0 Å². The Balaban J connectivity index is 1.77. The predicted octanol–water partition coefficient (Wildman–Crippen LogP) is 3.77. The molecule has 1 saturated heterocycles. The molecule has 1 amide bonds. The maximum atomic E-state index is 12.8. The maximum absolute atomic E-state index is 12.8. The topological polar surface area (TPSA) is 32.3 Å². The van der Waals surface area contributed by atoms with Gasteiger partial charge in [-0.15, -0.1) is 0 Å². The molecule has 1 aliphatic rings. The van der Waals surface area contributed by atoms with Gasteiger partial charge in [0.1, 0.15) is 0 Å². The average molecular weight is 322 g/mol. The molecule has 3 rings (SSSR count). The van der Waals surface area contributed by atoms with Crippen LogP contribution in [0, 0.1) is 0 Å². The minimum absolute atomic E-state index is 0.0831. The smallest absolute Gasteiger partial charge is 0.237 e. The SMILES string of the molecule is CC(C(=O)NC(c1ccccc1)c1ccccc1)N1CCCCC1. The second-order valence-corrected chi connectivity index (χ2v) is 6.54. The third-order valence-electron chi connectivity index (χ3n) is 4.87. The largest absolute Gasteiger partial charge is 0.344 e. The molecule has 0 radical (unpaired) electrons. The normalized spacial score (nSPS) is 16.8. The van der Waals surface area contributed by atoms with E-state index in [1.807, 2.05) is 43.3 Å². The lowest BCUT2D eigenvalue weighted by Crippen LogP contribution is -2.48. The summed E-state index contributed by atoms with van der Waals surface area (Å²) in [7, 11) is 0. The van der Waals surface area contributed by atoms with E-state index in [1.165, 1.54) is 19.3 Å².